The average molecular weight is 364 g/mol. The number of fused-ring (bicyclic) bond motifs is 1. The van der Waals surface area contributed by atoms with E-state index in [4.69, 9.17) is 0 Å². The largest absolute Gasteiger partial charge is 0.268 e. The topological polar surface area (TPSA) is 39.1 Å². The van der Waals surface area contributed by atoms with Crippen molar-refractivity contribution < 1.29 is 8.42 Å². The van der Waals surface area contributed by atoms with E-state index in [2.05, 4.69) is 15.9 Å². The van der Waals surface area contributed by atoms with Crippen LogP contribution in [0.15, 0.2) is 64.0 Å². The highest BCUT2D eigenvalue weighted by Gasteiger charge is 2.22. The van der Waals surface area contributed by atoms with Gasteiger partial charge in [-0.2, -0.15) is 0 Å². The molecule has 0 fully saturated rings. The van der Waals surface area contributed by atoms with E-state index in [0.29, 0.717) is 16.8 Å². The molecule has 0 radical (unpaired) electrons. The molecule has 0 aliphatic carbocycles. The van der Waals surface area contributed by atoms with Crippen LogP contribution in [-0.2, 0) is 16.4 Å². The van der Waals surface area contributed by atoms with Gasteiger partial charge in [-0.15, -0.1) is 0 Å². The van der Waals surface area contributed by atoms with Crippen molar-refractivity contribution in [2.45, 2.75) is 18.2 Å². The molecule has 0 aliphatic rings. The van der Waals surface area contributed by atoms with Crippen molar-refractivity contribution in [2.24, 2.45) is 0 Å². The predicted molar refractivity (Wildman–Crippen MR) is 88.0 cm³/mol. The normalized spacial score (nSPS) is 11.9. The zero-order valence-electron chi connectivity index (χ0n) is 11.5. The van der Waals surface area contributed by atoms with E-state index >= 15 is 0 Å². The van der Waals surface area contributed by atoms with Crippen LogP contribution in [0.2, 0.25) is 0 Å². The Morgan fingerprint density at radius 2 is 1.76 bits per heavy atom. The first-order valence-corrected chi connectivity index (χ1v) is 8.88. The molecule has 1 heterocycles. The molecule has 3 aromatic rings. The third kappa shape index (κ3) is 2.40. The van der Waals surface area contributed by atoms with Gasteiger partial charge in [-0.25, -0.2) is 12.4 Å². The minimum atomic E-state index is -3.58. The summed E-state index contributed by atoms with van der Waals surface area (Å²) in [4.78, 5) is 0.306. The average Bonchev–Trinajstić information content (AvgIpc) is 2.86. The number of halogens is 1. The summed E-state index contributed by atoms with van der Waals surface area (Å²) in [6.45, 7) is 1.96. The Morgan fingerprint density at radius 1 is 1.05 bits per heavy atom. The number of hydrogen-bond donors (Lipinski definition) is 0. The molecule has 0 amide bonds. The molecule has 0 saturated carbocycles. The van der Waals surface area contributed by atoms with E-state index in [9.17, 15) is 8.42 Å². The zero-order chi connectivity index (χ0) is 15.0. The van der Waals surface area contributed by atoms with Crippen molar-refractivity contribution in [3.63, 3.8) is 0 Å². The van der Waals surface area contributed by atoms with Gasteiger partial charge in [0.1, 0.15) is 0 Å². The van der Waals surface area contributed by atoms with Crippen LogP contribution >= 0.6 is 15.9 Å². The van der Waals surface area contributed by atoms with Crippen LogP contribution in [0.1, 0.15) is 12.6 Å². The van der Waals surface area contributed by atoms with Crippen LogP contribution < -0.4 is 0 Å². The van der Waals surface area contributed by atoms with Gasteiger partial charge < -0.3 is 0 Å². The van der Waals surface area contributed by atoms with Gasteiger partial charge in [-0.05, 0) is 42.8 Å². The van der Waals surface area contributed by atoms with Gasteiger partial charge in [0.15, 0.2) is 0 Å². The van der Waals surface area contributed by atoms with Crippen LogP contribution in [-0.4, -0.2) is 12.4 Å². The molecule has 5 heteroatoms. The minimum absolute atomic E-state index is 0.306. The first-order valence-electron chi connectivity index (χ1n) is 6.64. The van der Waals surface area contributed by atoms with Gasteiger partial charge in [-0.3, -0.25) is 0 Å². The molecule has 21 heavy (non-hydrogen) atoms. The second-order valence-corrected chi connectivity index (χ2v) is 7.48. The highest BCUT2D eigenvalue weighted by Crippen LogP contribution is 2.28. The predicted octanol–water partition coefficient (Wildman–Crippen LogP) is 4.20. The molecule has 0 aliphatic heterocycles. The maximum atomic E-state index is 12.9. The summed E-state index contributed by atoms with van der Waals surface area (Å²) in [5, 5.41) is 0.917. The second kappa shape index (κ2) is 5.31. The molecule has 0 saturated heterocycles. The molecule has 0 N–H and O–H groups in total. The number of benzene rings is 2. The van der Waals surface area contributed by atoms with Crippen molar-refractivity contribution in [2.75, 3.05) is 0 Å². The minimum Gasteiger partial charge on any atom is -0.238 e. The van der Waals surface area contributed by atoms with E-state index in [1.165, 1.54) is 3.97 Å². The lowest BCUT2D eigenvalue weighted by Gasteiger charge is -2.11. The zero-order valence-corrected chi connectivity index (χ0v) is 13.9. The lowest BCUT2D eigenvalue weighted by molar-refractivity contribution is 0.587. The Balaban J connectivity index is 2.34. The Labute approximate surface area is 132 Å². The third-order valence-corrected chi connectivity index (χ3v) is 5.71. The molecule has 3 nitrogen and oxygen atoms in total. The van der Waals surface area contributed by atoms with Gasteiger partial charge in [0.05, 0.1) is 10.4 Å². The summed E-state index contributed by atoms with van der Waals surface area (Å²) in [7, 11) is -3.58. The smallest absolute Gasteiger partial charge is 0.238 e. The molecule has 0 spiro atoms. The second-order valence-electron chi connectivity index (χ2n) is 4.77. The monoisotopic (exact) mass is 363 g/mol. The van der Waals surface area contributed by atoms with E-state index < -0.39 is 10.0 Å². The van der Waals surface area contributed by atoms with E-state index in [1.807, 2.05) is 37.3 Å². The number of nitrogens with zero attached hydrogens (tertiary/aromatic N) is 1. The van der Waals surface area contributed by atoms with Crippen molar-refractivity contribution in [3.05, 3.63) is 64.8 Å². The highest BCUT2D eigenvalue weighted by molar-refractivity contribution is 9.10. The quantitative estimate of drug-likeness (QED) is 0.699. The number of aryl methyl sites for hydroxylation is 1. The maximum absolute atomic E-state index is 12.9. The van der Waals surface area contributed by atoms with Crippen LogP contribution in [0, 0.1) is 0 Å². The van der Waals surface area contributed by atoms with Crippen LogP contribution in [0.25, 0.3) is 10.9 Å². The molecule has 2 aromatic carbocycles. The summed E-state index contributed by atoms with van der Waals surface area (Å²) < 4.78 is 28.2. The third-order valence-electron chi connectivity index (χ3n) is 3.44. The molecular formula is C16H14BrNO2S. The van der Waals surface area contributed by atoms with Crippen molar-refractivity contribution in [1.82, 2.24) is 3.97 Å². The molecule has 1 aromatic heterocycles. The fourth-order valence-electron chi connectivity index (χ4n) is 2.45. The number of rotatable bonds is 3. The van der Waals surface area contributed by atoms with Gasteiger partial charge in [0, 0.05) is 15.6 Å². The van der Waals surface area contributed by atoms with Crippen molar-refractivity contribution in [1.29, 1.82) is 0 Å². The Bertz CT molecular complexity index is 899. The molecule has 108 valence electrons. The Kier molecular flexibility index (Phi) is 3.63. The van der Waals surface area contributed by atoms with Crippen LogP contribution in [0.3, 0.4) is 0 Å². The SMILES string of the molecule is CCc1cc2cc(Br)ccc2n1S(=O)(=O)c1ccccc1. The summed E-state index contributed by atoms with van der Waals surface area (Å²) in [6, 6.07) is 16.1. The molecular weight excluding hydrogens is 350 g/mol. The summed E-state index contributed by atoms with van der Waals surface area (Å²) in [6.07, 6.45) is 0.651. The molecule has 3 rings (SSSR count). The molecule has 0 unspecified atom stereocenters. The van der Waals surface area contributed by atoms with E-state index in [1.54, 1.807) is 24.3 Å². The lowest BCUT2D eigenvalue weighted by Crippen LogP contribution is -2.15. The number of aromatic nitrogens is 1. The Hall–Kier alpha value is -1.59. The van der Waals surface area contributed by atoms with Gasteiger partial charge in [0.25, 0.3) is 10.0 Å². The standard InChI is InChI=1S/C16H14BrNO2S/c1-2-14-11-12-10-13(17)8-9-16(12)18(14)21(19,20)15-6-4-3-5-7-15/h3-11H,2H2,1H3. The van der Waals surface area contributed by atoms with Gasteiger partial charge >= 0.3 is 0 Å². The van der Waals surface area contributed by atoms with Crippen molar-refractivity contribution in [3.8, 4) is 0 Å². The summed E-state index contributed by atoms with van der Waals surface area (Å²) in [5.74, 6) is 0. The van der Waals surface area contributed by atoms with Crippen LogP contribution in [0.5, 0.6) is 0 Å². The summed E-state index contributed by atoms with van der Waals surface area (Å²) >= 11 is 3.42. The summed E-state index contributed by atoms with van der Waals surface area (Å²) in [5.41, 5.74) is 1.49. The first kappa shape index (κ1) is 14.4. The first-order chi connectivity index (χ1) is 10.0. The fraction of sp³-hybridized carbons (Fsp3) is 0.125. The highest BCUT2D eigenvalue weighted by atomic mass is 79.9. The van der Waals surface area contributed by atoms with Gasteiger partial charge in [0.2, 0.25) is 0 Å². The lowest BCUT2D eigenvalue weighted by atomic mass is 10.2. The van der Waals surface area contributed by atoms with E-state index in [-0.39, 0.29) is 0 Å². The van der Waals surface area contributed by atoms with Crippen LogP contribution in [0.4, 0.5) is 0 Å². The molecule has 0 bridgehead atoms. The van der Waals surface area contributed by atoms with Gasteiger partial charge in [-0.1, -0.05) is 41.1 Å². The van der Waals surface area contributed by atoms with Crippen molar-refractivity contribution >= 4 is 36.9 Å². The molecule has 0 atom stereocenters. The number of hydrogen-bond acceptors (Lipinski definition) is 2. The Morgan fingerprint density at radius 3 is 2.43 bits per heavy atom. The maximum Gasteiger partial charge on any atom is 0.268 e. The van der Waals surface area contributed by atoms with E-state index in [0.717, 1.165) is 15.6 Å². The fourth-order valence-corrected chi connectivity index (χ4v) is 4.45.